The zero-order valence-electron chi connectivity index (χ0n) is 13.8. The van der Waals surface area contributed by atoms with Crippen molar-refractivity contribution in [2.24, 2.45) is 0 Å². The fourth-order valence-electron chi connectivity index (χ4n) is 2.89. The molecule has 0 radical (unpaired) electrons. The minimum Gasteiger partial charge on any atom is -0.469 e. The van der Waals surface area contributed by atoms with Gasteiger partial charge in [-0.1, -0.05) is 30.3 Å². The maximum atomic E-state index is 12.6. The van der Waals surface area contributed by atoms with Crippen LogP contribution in [0.5, 0.6) is 0 Å². The van der Waals surface area contributed by atoms with Gasteiger partial charge in [-0.3, -0.25) is 9.59 Å². The van der Waals surface area contributed by atoms with Crippen LogP contribution in [0.2, 0.25) is 0 Å². The van der Waals surface area contributed by atoms with Gasteiger partial charge in [-0.25, -0.2) is 8.42 Å². The molecular weight excluding hydrogens is 330 g/mol. The van der Waals surface area contributed by atoms with Crippen LogP contribution in [0, 0.1) is 0 Å². The molecule has 1 heterocycles. The Morgan fingerprint density at radius 2 is 1.92 bits per heavy atom. The lowest BCUT2D eigenvalue weighted by Crippen LogP contribution is -2.42. The molecule has 1 aliphatic heterocycles. The third-order valence-corrected chi connectivity index (χ3v) is 5.97. The summed E-state index contributed by atoms with van der Waals surface area (Å²) in [5.74, 6) is -0.453. The number of nitrogens with zero attached hydrogens (tertiary/aromatic N) is 1. The first-order chi connectivity index (χ1) is 11.4. The van der Waals surface area contributed by atoms with Crippen molar-refractivity contribution in [1.82, 2.24) is 4.90 Å². The van der Waals surface area contributed by atoms with Gasteiger partial charge in [-0.2, -0.15) is 0 Å². The molecule has 7 heteroatoms. The number of benzene rings is 1. The summed E-state index contributed by atoms with van der Waals surface area (Å²) in [5.41, 5.74) is 1.05. The number of ether oxygens (including phenoxy) is 1. The molecule has 1 saturated heterocycles. The summed E-state index contributed by atoms with van der Waals surface area (Å²) in [5, 5.41) is 0. The molecule has 1 aromatic rings. The van der Waals surface area contributed by atoms with Crippen LogP contribution >= 0.6 is 0 Å². The summed E-state index contributed by atoms with van der Waals surface area (Å²) in [6, 6.07) is 9.30. The number of amides is 1. The Hall–Kier alpha value is -1.89. The van der Waals surface area contributed by atoms with Crippen molar-refractivity contribution in [2.75, 3.05) is 25.2 Å². The summed E-state index contributed by atoms with van der Waals surface area (Å²) in [6.07, 6.45) is 1.39. The second kappa shape index (κ2) is 8.28. The highest BCUT2D eigenvalue weighted by atomic mass is 32.2. The van der Waals surface area contributed by atoms with Gasteiger partial charge in [0.1, 0.15) is 0 Å². The van der Waals surface area contributed by atoms with E-state index in [4.69, 9.17) is 0 Å². The van der Waals surface area contributed by atoms with E-state index >= 15 is 0 Å². The van der Waals surface area contributed by atoms with E-state index in [0.29, 0.717) is 19.3 Å². The van der Waals surface area contributed by atoms with Gasteiger partial charge in [0.05, 0.1) is 25.0 Å². The average Bonchev–Trinajstić information content (AvgIpc) is 2.93. The molecule has 0 spiro atoms. The molecule has 1 atom stereocenters. The zero-order valence-corrected chi connectivity index (χ0v) is 14.6. The highest BCUT2D eigenvalue weighted by Gasteiger charge is 2.34. The molecule has 1 aliphatic rings. The lowest BCUT2D eigenvalue weighted by Gasteiger charge is -2.28. The van der Waals surface area contributed by atoms with Crippen LogP contribution in [0.3, 0.4) is 0 Å². The highest BCUT2D eigenvalue weighted by Crippen LogP contribution is 2.19. The van der Waals surface area contributed by atoms with Crippen LogP contribution in [-0.2, 0) is 30.6 Å². The number of methoxy groups -OCH3 is 1. The highest BCUT2D eigenvalue weighted by molar-refractivity contribution is 7.91. The molecule has 132 valence electrons. The lowest BCUT2D eigenvalue weighted by atomic mass is 10.1. The molecule has 0 bridgehead atoms. The Labute approximate surface area is 142 Å². The van der Waals surface area contributed by atoms with Crippen LogP contribution in [0.4, 0.5) is 0 Å². The Kier molecular flexibility index (Phi) is 6.36. The first-order valence-corrected chi connectivity index (χ1v) is 9.84. The summed E-state index contributed by atoms with van der Waals surface area (Å²) < 4.78 is 28.0. The van der Waals surface area contributed by atoms with Crippen molar-refractivity contribution in [3.8, 4) is 0 Å². The van der Waals surface area contributed by atoms with Crippen LogP contribution in [0.1, 0.15) is 24.8 Å². The molecule has 24 heavy (non-hydrogen) atoms. The van der Waals surface area contributed by atoms with Crippen LogP contribution in [0.15, 0.2) is 30.3 Å². The number of aryl methyl sites for hydroxylation is 1. The predicted molar refractivity (Wildman–Crippen MR) is 90.2 cm³/mol. The molecule has 0 aromatic heterocycles. The van der Waals surface area contributed by atoms with Crippen LogP contribution < -0.4 is 0 Å². The monoisotopic (exact) mass is 353 g/mol. The number of carbonyl (C=O) groups excluding carboxylic acids is 2. The Bertz CT molecular complexity index is 671. The summed E-state index contributed by atoms with van der Waals surface area (Å²) >= 11 is 0. The predicted octanol–water partition coefficient (Wildman–Crippen LogP) is 1.20. The second-order valence-electron chi connectivity index (χ2n) is 5.96. The van der Waals surface area contributed by atoms with Crippen molar-refractivity contribution in [2.45, 2.75) is 31.7 Å². The number of hydrogen-bond acceptors (Lipinski definition) is 5. The summed E-state index contributed by atoms with van der Waals surface area (Å²) in [4.78, 5) is 25.5. The third-order valence-electron chi connectivity index (χ3n) is 4.22. The smallest absolute Gasteiger partial charge is 0.307 e. The molecule has 0 unspecified atom stereocenters. The number of hydrogen-bond donors (Lipinski definition) is 0. The quantitative estimate of drug-likeness (QED) is 0.688. The fraction of sp³-hybridized carbons (Fsp3) is 0.529. The molecular formula is C17H23NO5S. The molecule has 1 aromatic carbocycles. The topological polar surface area (TPSA) is 80.8 Å². The van der Waals surface area contributed by atoms with Gasteiger partial charge in [0, 0.05) is 19.0 Å². The Morgan fingerprint density at radius 3 is 2.50 bits per heavy atom. The van der Waals surface area contributed by atoms with E-state index in [2.05, 4.69) is 4.74 Å². The van der Waals surface area contributed by atoms with E-state index in [9.17, 15) is 18.0 Å². The van der Waals surface area contributed by atoms with Crippen molar-refractivity contribution in [1.29, 1.82) is 0 Å². The zero-order chi connectivity index (χ0) is 17.6. The Morgan fingerprint density at radius 1 is 1.21 bits per heavy atom. The SMILES string of the molecule is COC(=O)CCN(C(=O)CCc1ccccc1)[C@@H]1CCS(=O)(=O)C1. The molecule has 6 nitrogen and oxygen atoms in total. The van der Waals surface area contributed by atoms with Gasteiger partial charge in [-0.05, 0) is 18.4 Å². The van der Waals surface area contributed by atoms with Gasteiger partial charge in [-0.15, -0.1) is 0 Å². The molecule has 0 saturated carbocycles. The minimum absolute atomic E-state index is 0.0226. The van der Waals surface area contributed by atoms with Crippen LogP contribution in [0.25, 0.3) is 0 Å². The molecule has 2 rings (SSSR count). The van der Waals surface area contributed by atoms with Gasteiger partial charge >= 0.3 is 5.97 Å². The van der Waals surface area contributed by atoms with Gasteiger partial charge < -0.3 is 9.64 Å². The molecule has 1 fully saturated rings. The molecule has 1 amide bonds. The largest absolute Gasteiger partial charge is 0.469 e. The third kappa shape index (κ3) is 5.33. The number of carbonyl (C=O) groups is 2. The van der Waals surface area contributed by atoms with E-state index in [-0.39, 0.29) is 36.4 Å². The number of rotatable bonds is 7. The minimum atomic E-state index is -3.10. The number of esters is 1. The van der Waals surface area contributed by atoms with Crippen molar-refractivity contribution >= 4 is 21.7 Å². The summed E-state index contributed by atoms with van der Waals surface area (Å²) in [6.45, 7) is 0.195. The standard InChI is InChI=1S/C17H23NO5S/c1-23-17(20)9-11-18(15-10-12-24(21,22)13-15)16(19)8-7-14-5-3-2-4-6-14/h2-6,15H,7-13H2,1H3/t15-/m1/s1. The first-order valence-electron chi connectivity index (χ1n) is 8.02. The van der Waals surface area contributed by atoms with E-state index < -0.39 is 15.8 Å². The van der Waals surface area contributed by atoms with Crippen molar-refractivity contribution < 1.29 is 22.7 Å². The van der Waals surface area contributed by atoms with E-state index in [1.807, 2.05) is 30.3 Å². The normalized spacial score (nSPS) is 19.0. The lowest BCUT2D eigenvalue weighted by molar-refractivity contribution is -0.142. The first kappa shape index (κ1) is 18.4. The maximum absolute atomic E-state index is 12.6. The van der Waals surface area contributed by atoms with E-state index in [0.717, 1.165) is 5.56 Å². The van der Waals surface area contributed by atoms with E-state index in [1.54, 1.807) is 4.90 Å². The molecule has 0 N–H and O–H groups in total. The van der Waals surface area contributed by atoms with Gasteiger partial charge in [0.2, 0.25) is 5.91 Å². The van der Waals surface area contributed by atoms with Crippen LogP contribution in [-0.4, -0.2) is 56.4 Å². The van der Waals surface area contributed by atoms with Crippen molar-refractivity contribution in [3.05, 3.63) is 35.9 Å². The van der Waals surface area contributed by atoms with Gasteiger partial charge in [0.25, 0.3) is 0 Å². The maximum Gasteiger partial charge on any atom is 0.307 e. The average molecular weight is 353 g/mol. The van der Waals surface area contributed by atoms with Crippen molar-refractivity contribution in [3.63, 3.8) is 0 Å². The van der Waals surface area contributed by atoms with Gasteiger partial charge in [0.15, 0.2) is 9.84 Å². The summed E-state index contributed by atoms with van der Waals surface area (Å²) in [7, 11) is -1.80. The molecule has 0 aliphatic carbocycles. The Balaban J connectivity index is 2.00. The second-order valence-corrected chi connectivity index (χ2v) is 8.18. The van der Waals surface area contributed by atoms with E-state index in [1.165, 1.54) is 7.11 Å². The fourth-order valence-corrected chi connectivity index (χ4v) is 4.62. The number of sulfone groups is 1.